The molecule has 0 atom stereocenters. The SMILES string of the molecule is CCCC(C)(C)Nc1ccccc1. The van der Waals surface area contributed by atoms with Crippen molar-refractivity contribution in [1.29, 1.82) is 0 Å². The van der Waals surface area contributed by atoms with Gasteiger partial charge in [-0.1, -0.05) is 31.5 Å². The molecule has 0 heterocycles. The van der Waals surface area contributed by atoms with Crippen LogP contribution in [-0.2, 0) is 0 Å². The van der Waals surface area contributed by atoms with Gasteiger partial charge in [0.2, 0.25) is 0 Å². The normalized spacial score (nSPS) is 11.3. The van der Waals surface area contributed by atoms with Crippen LogP contribution in [0.2, 0.25) is 0 Å². The van der Waals surface area contributed by atoms with Gasteiger partial charge in [0.15, 0.2) is 0 Å². The molecule has 0 saturated carbocycles. The zero-order valence-corrected chi connectivity index (χ0v) is 8.80. The van der Waals surface area contributed by atoms with Crippen molar-refractivity contribution < 1.29 is 0 Å². The van der Waals surface area contributed by atoms with Gasteiger partial charge >= 0.3 is 0 Å². The third-order valence-corrected chi connectivity index (χ3v) is 2.13. The van der Waals surface area contributed by atoms with E-state index in [1.54, 1.807) is 0 Å². The quantitative estimate of drug-likeness (QED) is 0.739. The second kappa shape index (κ2) is 4.31. The van der Waals surface area contributed by atoms with Crippen LogP contribution in [0.25, 0.3) is 0 Å². The summed E-state index contributed by atoms with van der Waals surface area (Å²) in [6.07, 6.45) is 2.41. The van der Waals surface area contributed by atoms with Crippen LogP contribution in [0, 0.1) is 0 Å². The van der Waals surface area contributed by atoms with Crippen LogP contribution in [0.15, 0.2) is 30.3 Å². The fourth-order valence-electron chi connectivity index (χ4n) is 1.60. The average Bonchev–Trinajstić information content (AvgIpc) is 2.04. The molecule has 1 nitrogen and oxygen atoms in total. The molecular formula is C12H19N. The van der Waals surface area contributed by atoms with E-state index >= 15 is 0 Å². The summed E-state index contributed by atoms with van der Waals surface area (Å²) in [6, 6.07) is 10.4. The lowest BCUT2D eigenvalue weighted by atomic mass is 9.98. The van der Waals surface area contributed by atoms with E-state index in [4.69, 9.17) is 0 Å². The van der Waals surface area contributed by atoms with Crippen LogP contribution >= 0.6 is 0 Å². The van der Waals surface area contributed by atoms with Gasteiger partial charge in [0.25, 0.3) is 0 Å². The average molecular weight is 177 g/mol. The lowest BCUT2D eigenvalue weighted by Gasteiger charge is -2.27. The van der Waals surface area contributed by atoms with Crippen molar-refractivity contribution in [3.8, 4) is 0 Å². The number of anilines is 1. The smallest absolute Gasteiger partial charge is 0.0344 e. The summed E-state index contributed by atoms with van der Waals surface area (Å²) in [7, 11) is 0. The second-order valence-electron chi connectivity index (χ2n) is 4.12. The first-order valence-corrected chi connectivity index (χ1v) is 4.97. The maximum Gasteiger partial charge on any atom is 0.0344 e. The van der Waals surface area contributed by atoms with Crippen LogP contribution in [0.5, 0.6) is 0 Å². The predicted octanol–water partition coefficient (Wildman–Crippen LogP) is 3.68. The van der Waals surface area contributed by atoms with Crippen LogP contribution in [-0.4, -0.2) is 5.54 Å². The van der Waals surface area contributed by atoms with Gasteiger partial charge < -0.3 is 5.32 Å². The Labute approximate surface area is 81.2 Å². The molecule has 1 aromatic rings. The summed E-state index contributed by atoms with van der Waals surface area (Å²) in [4.78, 5) is 0. The molecule has 0 radical (unpaired) electrons. The topological polar surface area (TPSA) is 12.0 Å². The van der Waals surface area contributed by atoms with Crippen LogP contribution < -0.4 is 5.32 Å². The van der Waals surface area contributed by atoms with E-state index in [1.807, 2.05) is 6.07 Å². The van der Waals surface area contributed by atoms with Crippen molar-refractivity contribution in [1.82, 2.24) is 0 Å². The lowest BCUT2D eigenvalue weighted by Crippen LogP contribution is -2.30. The van der Waals surface area contributed by atoms with Crippen LogP contribution in [0.3, 0.4) is 0 Å². The molecule has 1 aromatic carbocycles. The minimum Gasteiger partial charge on any atom is -0.380 e. The molecule has 0 amide bonds. The Morgan fingerprint density at radius 1 is 1.15 bits per heavy atom. The Bertz CT molecular complexity index is 239. The van der Waals surface area contributed by atoms with Crippen molar-refractivity contribution in [2.45, 2.75) is 39.2 Å². The molecule has 0 spiro atoms. The highest BCUT2D eigenvalue weighted by atomic mass is 15.0. The summed E-state index contributed by atoms with van der Waals surface area (Å²) in [5, 5.41) is 3.52. The minimum atomic E-state index is 0.204. The van der Waals surface area contributed by atoms with Crippen molar-refractivity contribution in [2.75, 3.05) is 5.32 Å². The number of benzene rings is 1. The Hall–Kier alpha value is -0.980. The van der Waals surface area contributed by atoms with Gasteiger partial charge in [-0.2, -0.15) is 0 Å². The summed E-state index contributed by atoms with van der Waals surface area (Å²) < 4.78 is 0. The Morgan fingerprint density at radius 3 is 2.31 bits per heavy atom. The number of para-hydroxylation sites is 1. The standard InChI is InChI=1S/C12H19N/c1-4-10-12(2,3)13-11-8-6-5-7-9-11/h5-9,13H,4,10H2,1-3H3. The van der Waals surface area contributed by atoms with Crippen LogP contribution in [0.4, 0.5) is 5.69 Å². The minimum absolute atomic E-state index is 0.204. The van der Waals surface area contributed by atoms with Gasteiger partial charge in [0, 0.05) is 11.2 Å². The molecule has 0 fully saturated rings. The Balaban J connectivity index is 2.58. The molecule has 13 heavy (non-hydrogen) atoms. The molecule has 0 saturated heterocycles. The van der Waals surface area contributed by atoms with E-state index in [-0.39, 0.29) is 5.54 Å². The fourth-order valence-corrected chi connectivity index (χ4v) is 1.60. The van der Waals surface area contributed by atoms with E-state index < -0.39 is 0 Å². The molecule has 0 aromatic heterocycles. The first-order valence-electron chi connectivity index (χ1n) is 4.97. The monoisotopic (exact) mass is 177 g/mol. The lowest BCUT2D eigenvalue weighted by molar-refractivity contribution is 0.511. The summed E-state index contributed by atoms with van der Waals surface area (Å²) >= 11 is 0. The molecule has 1 heteroatoms. The fraction of sp³-hybridized carbons (Fsp3) is 0.500. The summed E-state index contributed by atoms with van der Waals surface area (Å²) in [6.45, 7) is 6.70. The maximum atomic E-state index is 3.52. The van der Waals surface area contributed by atoms with Gasteiger partial charge in [-0.05, 0) is 32.4 Å². The Morgan fingerprint density at radius 2 is 1.77 bits per heavy atom. The van der Waals surface area contributed by atoms with Gasteiger partial charge in [0.1, 0.15) is 0 Å². The largest absolute Gasteiger partial charge is 0.380 e. The molecule has 0 aliphatic carbocycles. The van der Waals surface area contributed by atoms with Crippen molar-refractivity contribution >= 4 is 5.69 Å². The van der Waals surface area contributed by atoms with E-state index in [0.717, 1.165) is 0 Å². The summed E-state index contributed by atoms with van der Waals surface area (Å²) in [5.74, 6) is 0. The van der Waals surface area contributed by atoms with Crippen LogP contribution in [0.1, 0.15) is 33.6 Å². The highest BCUT2D eigenvalue weighted by molar-refractivity contribution is 5.44. The molecular weight excluding hydrogens is 158 g/mol. The highest BCUT2D eigenvalue weighted by Crippen LogP contribution is 2.18. The number of hydrogen-bond acceptors (Lipinski definition) is 1. The van der Waals surface area contributed by atoms with Gasteiger partial charge in [-0.3, -0.25) is 0 Å². The molecule has 0 unspecified atom stereocenters. The molecule has 0 bridgehead atoms. The highest BCUT2D eigenvalue weighted by Gasteiger charge is 2.14. The van der Waals surface area contributed by atoms with E-state index in [2.05, 4.69) is 50.4 Å². The van der Waals surface area contributed by atoms with Crippen molar-refractivity contribution in [3.63, 3.8) is 0 Å². The zero-order valence-electron chi connectivity index (χ0n) is 8.80. The van der Waals surface area contributed by atoms with Gasteiger partial charge in [-0.15, -0.1) is 0 Å². The van der Waals surface area contributed by atoms with Crippen molar-refractivity contribution in [2.24, 2.45) is 0 Å². The maximum absolute atomic E-state index is 3.52. The zero-order chi connectivity index (χ0) is 9.73. The number of nitrogens with one attached hydrogen (secondary N) is 1. The molecule has 1 rings (SSSR count). The first kappa shape index (κ1) is 10.1. The van der Waals surface area contributed by atoms with E-state index in [9.17, 15) is 0 Å². The third kappa shape index (κ3) is 3.49. The molecule has 0 aliphatic heterocycles. The Kier molecular flexibility index (Phi) is 3.35. The van der Waals surface area contributed by atoms with Gasteiger partial charge in [-0.25, -0.2) is 0 Å². The third-order valence-electron chi connectivity index (χ3n) is 2.13. The molecule has 72 valence electrons. The van der Waals surface area contributed by atoms with Gasteiger partial charge in [0.05, 0.1) is 0 Å². The molecule has 0 aliphatic rings. The van der Waals surface area contributed by atoms with Crippen molar-refractivity contribution in [3.05, 3.63) is 30.3 Å². The second-order valence-corrected chi connectivity index (χ2v) is 4.12. The predicted molar refractivity (Wildman–Crippen MR) is 59.1 cm³/mol. The first-order chi connectivity index (χ1) is 6.14. The van der Waals surface area contributed by atoms with E-state index in [1.165, 1.54) is 18.5 Å². The summed E-state index contributed by atoms with van der Waals surface area (Å²) in [5.41, 5.74) is 1.41. The number of rotatable bonds is 4. The van der Waals surface area contributed by atoms with E-state index in [0.29, 0.717) is 0 Å². The molecule has 1 N–H and O–H groups in total. The number of hydrogen-bond donors (Lipinski definition) is 1.